The summed E-state index contributed by atoms with van der Waals surface area (Å²) in [6.07, 6.45) is 0. The highest BCUT2D eigenvalue weighted by molar-refractivity contribution is 5.93. The lowest BCUT2D eigenvalue weighted by Crippen LogP contribution is -2.07. The highest BCUT2D eigenvalue weighted by atomic mass is 17.2. The van der Waals surface area contributed by atoms with Crippen molar-refractivity contribution in [1.82, 2.24) is 0 Å². The Morgan fingerprint density at radius 1 is 1.06 bits per heavy atom. The molecule has 17 heavy (non-hydrogen) atoms. The average molecular weight is 241 g/mol. The van der Waals surface area contributed by atoms with E-state index in [9.17, 15) is 4.79 Å². The number of hydrogen-bond acceptors (Lipinski definition) is 6. The maximum absolute atomic E-state index is 11.5. The standard InChI is InChI=1S/C11H13O6/c1-13-8-6-5-7(11(12)17-16-4)9(14-2)10(8)15-3/h5-6H,4H2,1-3H3. The third kappa shape index (κ3) is 2.59. The van der Waals surface area contributed by atoms with Crippen LogP contribution >= 0.6 is 0 Å². The number of ether oxygens (including phenoxy) is 3. The van der Waals surface area contributed by atoms with E-state index in [0.717, 1.165) is 0 Å². The van der Waals surface area contributed by atoms with Gasteiger partial charge in [0.15, 0.2) is 11.5 Å². The third-order valence-corrected chi connectivity index (χ3v) is 2.06. The zero-order chi connectivity index (χ0) is 12.8. The summed E-state index contributed by atoms with van der Waals surface area (Å²) in [6.45, 7) is 0. The highest BCUT2D eigenvalue weighted by Gasteiger charge is 2.22. The van der Waals surface area contributed by atoms with E-state index in [1.165, 1.54) is 27.4 Å². The number of methoxy groups -OCH3 is 3. The van der Waals surface area contributed by atoms with Crippen LogP contribution in [0.4, 0.5) is 0 Å². The quantitative estimate of drug-likeness (QED) is 0.576. The highest BCUT2D eigenvalue weighted by Crippen LogP contribution is 2.39. The molecule has 0 N–H and O–H groups in total. The van der Waals surface area contributed by atoms with Crippen molar-refractivity contribution >= 4 is 5.97 Å². The lowest BCUT2D eigenvalue weighted by atomic mass is 10.1. The molecule has 0 heterocycles. The molecule has 1 radical (unpaired) electrons. The van der Waals surface area contributed by atoms with Crippen LogP contribution in [0.15, 0.2) is 12.1 Å². The Labute approximate surface area is 98.9 Å². The van der Waals surface area contributed by atoms with E-state index in [1.54, 1.807) is 6.07 Å². The summed E-state index contributed by atoms with van der Waals surface area (Å²) in [5, 5.41) is 0. The summed E-state index contributed by atoms with van der Waals surface area (Å²) in [6, 6.07) is 3.03. The van der Waals surface area contributed by atoms with Crippen LogP contribution in [0.1, 0.15) is 10.4 Å². The zero-order valence-electron chi connectivity index (χ0n) is 9.81. The van der Waals surface area contributed by atoms with Gasteiger partial charge in [0.25, 0.3) is 0 Å². The molecule has 0 bridgehead atoms. The molecule has 6 nitrogen and oxygen atoms in total. The molecule has 0 unspecified atom stereocenters. The first kappa shape index (κ1) is 13.1. The van der Waals surface area contributed by atoms with Crippen molar-refractivity contribution in [3.63, 3.8) is 0 Å². The molecule has 0 spiro atoms. The molecule has 0 fully saturated rings. The molecule has 93 valence electrons. The first-order valence-corrected chi connectivity index (χ1v) is 4.61. The van der Waals surface area contributed by atoms with Crippen LogP contribution in [-0.2, 0) is 9.78 Å². The molecule has 1 aromatic carbocycles. The van der Waals surface area contributed by atoms with Gasteiger partial charge in [-0.15, -0.1) is 0 Å². The average Bonchev–Trinajstić information content (AvgIpc) is 2.36. The lowest BCUT2D eigenvalue weighted by Gasteiger charge is -2.14. The van der Waals surface area contributed by atoms with E-state index < -0.39 is 5.97 Å². The molecular weight excluding hydrogens is 228 g/mol. The summed E-state index contributed by atoms with van der Waals surface area (Å²) in [4.78, 5) is 19.9. The summed E-state index contributed by atoms with van der Waals surface area (Å²) >= 11 is 0. The van der Waals surface area contributed by atoms with E-state index in [4.69, 9.17) is 14.2 Å². The molecule has 1 rings (SSSR count). The third-order valence-electron chi connectivity index (χ3n) is 2.06. The smallest absolute Gasteiger partial charge is 0.376 e. The number of hydrogen-bond donors (Lipinski definition) is 0. The van der Waals surface area contributed by atoms with E-state index in [2.05, 4.69) is 16.9 Å². The molecule has 0 aliphatic carbocycles. The van der Waals surface area contributed by atoms with Gasteiger partial charge in [-0.1, -0.05) is 0 Å². The van der Waals surface area contributed by atoms with Gasteiger partial charge in [-0.2, -0.15) is 4.89 Å². The Hall–Kier alpha value is -1.95. The fourth-order valence-electron chi connectivity index (χ4n) is 1.36. The molecule has 0 aromatic heterocycles. The summed E-state index contributed by atoms with van der Waals surface area (Å²) in [7, 11) is 7.26. The molecule has 0 amide bonds. The van der Waals surface area contributed by atoms with Crippen molar-refractivity contribution < 1.29 is 28.8 Å². The van der Waals surface area contributed by atoms with Crippen molar-refractivity contribution in [2.45, 2.75) is 0 Å². The van der Waals surface area contributed by atoms with Crippen LogP contribution in [0.2, 0.25) is 0 Å². The van der Waals surface area contributed by atoms with Gasteiger partial charge in [-0.25, -0.2) is 4.79 Å². The normalized spacial score (nSPS) is 9.65. The van der Waals surface area contributed by atoms with Gasteiger partial charge < -0.3 is 14.2 Å². The van der Waals surface area contributed by atoms with Gasteiger partial charge in [0, 0.05) is 0 Å². The van der Waals surface area contributed by atoms with E-state index >= 15 is 0 Å². The Kier molecular flexibility index (Phi) is 4.59. The number of carbonyl (C=O) groups excluding carboxylic acids is 1. The molecule has 1 aromatic rings. The SMILES string of the molecule is [CH2]OOC(=O)c1ccc(OC)c(OC)c1OC. The summed E-state index contributed by atoms with van der Waals surface area (Å²) < 4.78 is 15.3. The van der Waals surface area contributed by atoms with Gasteiger partial charge >= 0.3 is 5.97 Å². The van der Waals surface area contributed by atoms with Crippen LogP contribution in [0, 0.1) is 7.11 Å². The van der Waals surface area contributed by atoms with Crippen molar-refractivity contribution in [3.8, 4) is 17.2 Å². The fourth-order valence-corrected chi connectivity index (χ4v) is 1.36. The summed E-state index contributed by atoms with van der Waals surface area (Å²) in [5.74, 6) is 0.205. The van der Waals surface area contributed by atoms with Crippen molar-refractivity contribution in [1.29, 1.82) is 0 Å². The maximum Gasteiger partial charge on any atom is 0.376 e. The number of rotatable bonds is 5. The fraction of sp³-hybridized carbons (Fsp3) is 0.273. The maximum atomic E-state index is 11.5. The van der Waals surface area contributed by atoms with E-state index in [1.807, 2.05) is 0 Å². The van der Waals surface area contributed by atoms with Gasteiger partial charge in [0.1, 0.15) is 12.7 Å². The van der Waals surface area contributed by atoms with E-state index in [0.29, 0.717) is 11.5 Å². The van der Waals surface area contributed by atoms with Gasteiger partial charge in [0.2, 0.25) is 5.75 Å². The Balaban J connectivity index is 3.27. The minimum Gasteiger partial charge on any atom is -0.493 e. The molecule has 0 atom stereocenters. The molecule has 0 aliphatic rings. The second-order valence-corrected chi connectivity index (χ2v) is 2.87. The van der Waals surface area contributed by atoms with Crippen molar-refractivity contribution in [3.05, 3.63) is 24.8 Å². The summed E-state index contributed by atoms with van der Waals surface area (Å²) in [5.41, 5.74) is 0.147. The molecule has 6 heteroatoms. The largest absolute Gasteiger partial charge is 0.493 e. The van der Waals surface area contributed by atoms with Gasteiger partial charge in [-0.3, -0.25) is 4.89 Å². The Bertz CT molecular complexity index is 401. The van der Waals surface area contributed by atoms with Crippen molar-refractivity contribution in [2.24, 2.45) is 0 Å². The minimum absolute atomic E-state index is 0.147. The first-order valence-electron chi connectivity index (χ1n) is 4.61. The second kappa shape index (κ2) is 5.95. The van der Waals surface area contributed by atoms with E-state index in [-0.39, 0.29) is 11.3 Å². The van der Waals surface area contributed by atoms with Crippen LogP contribution < -0.4 is 14.2 Å². The molecule has 0 aliphatic heterocycles. The molecular formula is C11H13O6. The lowest BCUT2D eigenvalue weighted by molar-refractivity contribution is -0.195. The monoisotopic (exact) mass is 241 g/mol. The van der Waals surface area contributed by atoms with Gasteiger partial charge in [0.05, 0.1) is 21.3 Å². The van der Waals surface area contributed by atoms with Crippen molar-refractivity contribution in [2.75, 3.05) is 21.3 Å². The molecule has 0 saturated heterocycles. The predicted octanol–water partition coefficient (Wildman–Crippen LogP) is 1.59. The number of benzene rings is 1. The van der Waals surface area contributed by atoms with Crippen LogP contribution in [0.5, 0.6) is 17.2 Å². The molecule has 0 saturated carbocycles. The second-order valence-electron chi connectivity index (χ2n) is 2.87. The Morgan fingerprint density at radius 2 is 1.71 bits per heavy atom. The van der Waals surface area contributed by atoms with Crippen LogP contribution in [0.25, 0.3) is 0 Å². The van der Waals surface area contributed by atoms with Gasteiger partial charge in [-0.05, 0) is 12.1 Å². The zero-order valence-corrected chi connectivity index (χ0v) is 9.81. The predicted molar refractivity (Wildman–Crippen MR) is 58.0 cm³/mol. The van der Waals surface area contributed by atoms with Crippen LogP contribution in [0.3, 0.4) is 0 Å². The number of carbonyl (C=O) groups is 1. The Morgan fingerprint density at radius 3 is 2.18 bits per heavy atom. The first-order chi connectivity index (χ1) is 8.19. The van der Waals surface area contributed by atoms with Crippen LogP contribution in [-0.4, -0.2) is 27.3 Å². The minimum atomic E-state index is -0.738. The topological polar surface area (TPSA) is 63.2 Å².